The van der Waals surface area contributed by atoms with Gasteiger partial charge in [-0.1, -0.05) is 0 Å². The van der Waals surface area contributed by atoms with Crippen LogP contribution < -0.4 is 5.32 Å². The number of rotatable bonds is 4. The molecule has 2 aromatic rings. The fourth-order valence-electron chi connectivity index (χ4n) is 2.53. The molecule has 108 valence electrons. The first-order valence-corrected chi connectivity index (χ1v) is 7.58. The highest BCUT2D eigenvalue weighted by Crippen LogP contribution is 2.30. The fourth-order valence-corrected chi connectivity index (χ4v) is 3.03. The van der Waals surface area contributed by atoms with E-state index in [2.05, 4.69) is 62.0 Å². The second kappa shape index (κ2) is 6.06. The summed E-state index contributed by atoms with van der Waals surface area (Å²) >= 11 is 3.62. The second-order valence-corrected chi connectivity index (χ2v) is 6.18. The maximum atomic E-state index is 4.47. The zero-order valence-corrected chi connectivity index (χ0v) is 14.2. The Hall–Kier alpha value is -1.20. The van der Waals surface area contributed by atoms with Gasteiger partial charge >= 0.3 is 0 Å². The van der Waals surface area contributed by atoms with Crippen molar-refractivity contribution in [3.05, 3.63) is 45.4 Å². The summed E-state index contributed by atoms with van der Waals surface area (Å²) in [6.45, 7) is 8.33. The average Bonchev–Trinajstić information content (AvgIpc) is 2.72. The molecule has 0 bridgehead atoms. The van der Waals surface area contributed by atoms with Gasteiger partial charge in [-0.3, -0.25) is 9.67 Å². The summed E-state index contributed by atoms with van der Waals surface area (Å²) in [5.41, 5.74) is 4.42. The molecule has 2 heterocycles. The van der Waals surface area contributed by atoms with Crippen LogP contribution in [-0.2, 0) is 0 Å². The van der Waals surface area contributed by atoms with Gasteiger partial charge in [0, 0.05) is 17.4 Å². The summed E-state index contributed by atoms with van der Waals surface area (Å²) in [5.74, 6) is 0. The van der Waals surface area contributed by atoms with Crippen molar-refractivity contribution < 1.29 is 0 Å². The lowest BCUT2D eigenvalue weighted by Crippen LogP contribution is -2.23. The number of hydrogen-bond donors (Lipinski definition) is 1. The van der Waals surface area contributed by atoms with Crippen LogP contribution in [0.3, 0.4) is 0 Å². The van der Waals surface area contributed by atoms with E-state index in [0.717, 1.165) is 21.6 Å². The molecule has 0 radical (unpaired) electrons. The van der Waals surface area contributed by atoms with Crippen LogP contribution >= 0.6 is 15.9 Å². The van der Waals surface area contributed by atoms with Gasteiger partial charge in [0.25, 0.3) is 0 Å². The van der Waals surface area contributed by atoms with Gasteiger partial charge in [0.05, 0.1) is 22.4 Å². The van der Waals surface area contributed by atoms with E-state index >= 15 is 0 Å². The van der Waals surface area contributed by atoms with E-state index in [1.165, 1.54) is 5.56 Å². The number of pyridine rings is 1. The molecule has 1 N–H and O–H groups in total. The first kappa shape index (κ1) is 15.2. The third-order valence-corrected chi connectivity index (χ3v) is 3.89. The maximum Gasteiger partial charge on any atom is 0.0758 e. The smallest absolute Gasteiger partial charge is 0.0758 e. The van der Waals surface area contributed by atoms with Gasteiger partial charge in [-0.05, 0) is 68.4 Å². The van der Waals surface area contributed by atoms with E-state index in [1.807, 2.05) is 27.1 Å². The molecule has 0 fully saturated rings. The van der Waals surface area contributed by atoms with Gasteiger partial charge in [0.1, 0.15) is 0 Å². The maximum absolute atomic E-state index is 4.47. The van der Waals surface area contributed by atoms with Crippen LogP contribution in [0.2, 0.25) is 0 Å². The van der Waals surface area contributed by atoms with E-state index in [0.29, 0.717) is 6.04 Å². The van der Waals surface area contributed by atoms with E-state index in [1.54, 1.807) is 0 Å². The van der Waals surface area contributed by atoms with Gasteiger partial charge in [-0.15, -0.1) is 0 Å². The Morgan fingerprint density at radius 3 is 2.30 bits per heavy atom. The number of aromatic nitrogens is 3. The number of hydrogen-bond acceptors (Lipinski definition) is 3. The van der Waals surface area contributed by atoms with Gasteiger partial charge < -0.3 is 5.32 Å². The van der Waals surface area contributed by atoms with E-state index in [4.69, 9.17) is 0 Å². The van der Waals surface area contributed by atoms with Gasteiger partial charge in [0.15, 0.2) is 0 Å². The molecule has 20 heavy (non-hydrogen) atoms. The highest BCUT2D eigenvalue weighted by atomic mass is 79.9. The Balaban J connectivity index is 2.55. The molecule has 1 unspecified atom stereocenters. The molecule has 4 nitrogen and oxygen atoms in total. The molecule has 1 atom stereocenters. The molecule has 0 aromatic carbocycles. The molecule has 0 aliphatic heterocycles. The molecule has 5 heteroatoms. The number of nitrogens with one attached hydrogen (secondary N) is 1. The van der Waals surface area contributed by atoms with Crippen molar-refractivity contribution in [1.82, 2.24) is 20.1 Å². The van der Waals surface area contributed by atoms with Crippen LogP contribution in [0.5, 0.6) is 0 Å². The zero-order chi connectivity index (χ0) is 14.9. The standard InChI is InChI=1S/C15H21BrN4/c1-9(2)20-15(13(16)8-18-20)14(17-5)12-6-10(3)19-11(4)7-12/h6-9,14,17H,1-5H3. The third kappa shape index (κ3) is 2.94. The minimum Gasteiger partial charge on any atom is -0.308 e. The van der Waals surface area contributed by atoms with Crippen LogP contribution in [-0.4, -0.2) is 21.8 Å². The second-order valence-electron chi connectivity index (χ2n) is 5.32. The van der Waals surface area contributed by atoms with Crippen LogP contribution in [0.4, 0.5) is 0 Å². The SMILES string of the molecule is CNC(c1cc(C)nc(C)c1)c1c(Br)cnn1C(C)C. The van der Waals surface area contributed by atoms with Gasteiger partial charge in [0.2, 0.25) is 0 Å². The van der Waals surface area contributed by atoms with Crippen molar-refractivity contribution in [1.29, 1.82) is 0 Å². The van der Waals surface area contributed by atoms with Crippen molar-refractivity contribution >= 4 is 15.9 Å². The Morgan fingerprint density at radius 2 is 1.80 bits per heavy atom. The van der Waals surface area contributed by atoms with Crippen molar-refractivity contribution in [2.75, 3.05) is 7.05 Å². The van der Waals surface area contributed by atoms with Crippen LogP contribution in [0, 0.1) is 13.8 Å². The summed E-state index contributed by atoms with van der Waals surface area (Å²) in [4.78, 5) is 4.45. The highest BCUT2D eigenvalue weighted by Gasteiger charge is 2.22. The molecule has 0 saturated heterocycles. The van der Waals surface area contributed by atoms with Crippen molar-refractivity contribution in [3.63, 3.8) is 0 Å². The minimum atomic E-state index is 0.0923. The molecule has 0 amide bonds. The highest BCUT2D eigenvalue weighted by molar-refractivity contribution is 9.10. The summed E-state index contributed by atoms with van der Waals surface area (Å²) in [6.07, 6.45) is 1.86. The first-order chi connectivity index (χ1) is 9.43. The molecule has 0 aliphatic rings. The molecular weight excluding hydrogens is 316 g/mol. The number of halogens is 1. The van der Waals surface area contributed by atoms with Gasteiger partial charge in [-0.2, -0.15) is 5.10 Å². The average molecular weight is 337 g/mol. The van der Waals surface area contributed by atoms with E-state index in [9.17, 15) is 0 Å². The van der Waals surface area contributed by atoms with Crippen LogP contribution in [0.15, 0.2) is 22.8 Å². The van der Waals surface area contributed by atoms with E-state index in [-0.39, 0.29) is 6.04 Å². The normalized spacial score (nSPS) is 12.9. The summed E-state index contributed by atoms with van der Waals surface area (Å²) in [7, 11) is 1.97. The quantitative estimate of drug-likeness (QED) is 0.928. The monoisotopic (exact) mass is 336 g/mol. The molecule has 0 spiro atoms. The summed E-state index contributed by atoms with van der Waals surface area (Å²) in [5, 5.41) is 7.86. The predicted molar refractivity (Wildman–Crippen MR) is 84.9 cm³/mol. The molecule has 0 aliphatic carbocycles. The Bertz CT molecular complexity index is 584. The van der Waals surface area contributed by atoms with E-state index < -0.39 is 0 Å². The Kier molecular flexibility index (Phi) is 4.60. The third-order valence-electron chi connectivity index (χ3n) is 3.28. The predicted octanol–water partition coefficient (Wildman–Crippen LogP) is 3.55. The first-order valence-electron chi connectivity index (χ1n) is 6.79. The van der Waals surface area contributed by atoms with Crippen LogP contribution in [0.25, 0.3) is 0 Å². The Morgan fingerprint density at radius 1 is 1.20 bits per heavy atom. The zero-order valence-electron chi connectivity index (χ0n) is 12.6. The molecule has 0 saturated carbocycles. The van der Waals surface area contributed by atoms with Crippen molar-refractivity contribution in [3.8, 4) is 0 Å². The lowest BCUT2D eigenvalue weighted by atomic mass is 10.0. The number of nitrogens with zero attached hydrogens (tertiary/aromatic N) is 3. The molecular formula is C15H21BrN4. The van der Waals surface area contributed by atoms with Crippen molar-refractivity contribution in [2.45, 2.75) is 39.8 Å². The fraction of sp³-hybridized carbons (Fsp3) is 0.467. The van der Waals surface area contributed by atoms with Crippen LogP contribution in [0.1, 0.15) is 48.6 Å². The molecule has 2 aromatic heterocycles. The topological polar surface area (TPSA) is 42.7 Å². The summed E-state index contributed by atoms with van der Waals surface area (Å²) < 4.78 is 3.08. The Labute approximate surface area is 128 Å². The lowest BCUT2D eigenvalue weighted by Gasteiger charge is -2.21. The molecule has 2 rings (SSSR count). The number of aryl methyl sites for hydroxylation is 2. The van der Waals surface area contributed by atoms with Crippen molar-refractivity contribution in [2.24, 2.45) is 0 Å². The lowest BCUT2D eigenvalue weighted by molar-refractivity contribution is 0.483. The summed E-state index contributed by atoms with van der Waals surface area (Å²) in [6, 6.07) is 4.65. The largest absolute Gasteiger partial charge is 0.308 e. The van der Waals surface area contributed by atoms with Gasteiger partial charge in [-0.25, -0.2) is 0 Å². The minimum absolute atomic E-state index is 0.0923.